The van der Waals surface area contributed by atoms with E-state index in [-0.39, 0.29) is 12.5 Å². The Kier molecular flexibility index (Phi) is 3.37. The number of hydrogen-bond acceptors (Lipinski definition) is 3. The van der Waals surface area contributed by atoms with Gasteiger partial charge in [-0.15, -0.1) is 0 Å². The molecule has 1 aromatic rings. The van der Waals surface area contributed by atoms with Gasteiger partial charge in [-0.3, -0.25) is 4.79 Å². The van der Waals surface area contributed by atoms with Gasteiger partial charge in [0.25, 0.3) is 5.91 Å². The lowest BCUT2D eigenvalue weighted by Gasteiger charge is -2.13. The standard InChI is InChI=1S/C12H13FN2O2/c1-9-7-12(16)15(14-9)10-3-2-4-11(8-10)17-6-5-13/h2-4,8H,5-7H2,1H3. The second-order valence-electron chi connectivity index (χ2n) is 3.75. The molecule has 90 valence electrons. The summed E-state index contributed by atoms with van der Waals surface area (Å²) in [4.78, 5) is 11.6. The van der Waals surface area contributed by atoms with Gasteiger partial charge in [0, 0.05) is 11.8 Å². The van der Waals surface area contributed by atoms with Gasteiger partial charge in [-0.05, 0) is 19.1 Å². The molecule has 0 radical (unpaired) electrons. The molecule has 1 aliphatic rings. The van der Waals surface area contributed by atoms with E-state index in [1.54, 1.807) is 31.2 Å². The van der Waals surface area contributed by atoms with Crippen LogP contribution in [0.2, 0.25) is 0 Å². The van der Waals surface area contributed by atoms with Crippen LogP contribution < -0.4 is 9.75 Å². The van der Waals surface area contributed by atoms with Gasteiger partial charge in [-0.2, -0.15) is 5.10 Å². The van der Waals surface area contributed by atoms with Crippen molar-refractivity contribution in [1.82, 2.24) is 0 Å². The van der Waals surface area contributed by atoms with E-state index in [4.69, 9.17) is 4.74 Å². The minimum Gasteiger partial charge on any atom is -0.491 e. The first-order valence-corrected chi connectivity index (χ1v) is 5.36. The van der Waals surface area contributed by atoms with E-state index in [9.17, 15) is 9.18 Å². The third kappa shape index (κ3) is 2.61. The Labute approximate surface area is 98.7 Å². The fourth-order valence-electron chi connectivity index (χ4n) is 1.62. The van der Waals surface area contributed by atoms with Crippen LogP contribution in [0.4, 0.5) is 10.1 Å². The van der Waals surface area contributed by atoms with E-state index in [1.807, 2.05) is 0 Å². The van der Waals surface area contributed by atoms with Gasteiger partial charge in [0.2, 0.25) is 0 Å². The molecule has 0 bridgehead atoms. The van der Waals surface area contributed by atoms with Crippen molar-refractivity contribution >= 4 is 17.3 Å². The minimum absolute atomic E-state index is 0.0136. The lowest BCUT2D eigenvalue weighted by Crippen LogP contribution is -2.19. The molecular formula is C12H13FN2O2. The normalized spacial score (nSPS) is 15.1. The first kappa shape index (κ1) is 11.6. The topological polar surface area (TPSA) is 41.9 Å². The molecule has 0 unspecified atom stereocenters. The molecule has 1 aromatic carbocycles. The van der Waals surface area contributed by atoms with Crippen molar-refractivity contribution in [3.63, 3.8) is 0 Å². The van der Waals surface area contributed by atoms with Crippen molar-refractivity contribution in [3.05, 3.63) is 24.3 Å². The molecule has 17 heavy (non-hydrogen) atoms. The molecule has 0 fully saturated rings. The van der Waals surface area contributed by atoms with Crippen LogP contribution in [0.1, 0.15) is 13.3 Å². The number of rotatable bonds is 4. The number of carbonyl (C=O) groups excluding carboxylic acids is 1. The highest BCUT2D eigenvalue weighted by Crippen LogP contribution is 2.24. The predicted molar refractivity (Wildman–Crippen MR) is 63.1 cm³/mol. The van der Waals surface area contributed by atoms with Crippen LogP contribution in [0.25, 0.3) is 0 Å². The molecule has 4 nitrogen and oxygen atoms in total. The fraction of sp³-hybridized carbons (Fsp3) is 0.333. The summed E-state index contributed by atoms with van der Waals surface area (Å²) in [5.74, 6) is 0.470. The number of benzene rings is 1. The molecule has 0 saturated carbocycles. The molecule has 1 amide bonds. The zero-order valence-corrected chi connectivity index (χ0v) is 9.52. The molecule has 2 rings (SSSR count). The molecule has 0 aliphatic carbocycles. The quantitative estimate of drug-likeness (QED) is 0.803. The zero-order valence-electron chi connectivity index (χ0n) is 9.52. The van der Waals surface area contributed by atoms with E-state index in [0.717, 1.165) is 5.71 Å². The summed E-state index contributed by atoms with van der Waals surface area (Å²) in [6.07, 6.45) is 0.343. The first-order chi connectivity index (χ1) is 8.20. The van der Waals surface area contributed by atoms with Crippen molar-refractivity contribution in [1.29, 1.82) is 0 Å². The maximum atomic E-state index is 12.0. The number of carbonyl (C=O) groups is 1. The van der Waals surface area contributed by atoms with Crippen LogP contribution in [0.5, 0.6) is 5.75 Å². The molecule has 1 heterocycles. The van der Waals surface area contributed by atoms with Crippen molar-refractivity contribution in [2.45, 2.75) is 13.3 Å². The molecule has 5 heteroatoms. The Morgan fingerprint density at radius 3 is 3.00 bits per heavy atom. The van der Waals surface area contributed by atoms with Crippen LogP contribution >= 0.6 is 0 Å². The van der Waals surface area contributed by atoms with E-state index in [1.165, 1.54) is 5.01 Å². The number of alkyl halides is 1. The third-order valence-electron chi connectivity index (χ3n) is 2.32. The van der Waals surface area contributed by atoms with Crippen molar-refractivity contribution in [2.75, 3.05) is 18.3 Å². The fourth-order valence-corrected chi connectivity index (χ4v) is 1.62. The molecule has 1 aliphatic heterocycles. The average Bonchev–Trinajstić information content (AvgIpc) is 2.66. The van der Waals surface area contributed by atoms with Crippen molar-refractivity contribution in [2.24, 2.45) is 5.10 Å². The van der Waals surface area contributed by atoms with Gasteiger partial charge >= 0.3 is 0 Å². The monoisotopic (exact) mass is 236 g/mol. The highest BCUT2D eigenvalue weighted by Gasteiger charge is 2.22. The molecule has 0 saturated heterocycles. The largest absolute Gasteiger partial charge is 0.491 e. The van der Waals surface area contributed by atoms with E-state index < -0.39 is 6.67 Å². The Morgan fingerprint density at radius 1 is 1.53 bits per heavy atom. The highest BCUT2D eigenvalue weighted by atomic mass is 19.1. The van der Waals surface area contributed by atoms with Crippen LogP contribution in [-0.4, -0.2) is 24.9 Å². The molecule has 0 spiro atoms. The van der Waals surface area contributed by atoms with Gasteiger partial charge in [-0.1, -0.05) is 6.07 Å². The summed E-state index contributed by atoms with van der Waals surface area (Å²) in [5.41, 5.74) is 1.42. The maximum absolute atomic E-state index is 12.0. The summed E-state index contributed by atoms with van der Waals surface area (Å²) in [5, 5.41) is 5.48. The molecule has 0 N–H and O–H groups in total. The van der Waals surface area contributed by atoms with Crippen LogP contribution in [-0.2, 0) is 4.79 Å². The second kappa shape index (κ2) is 4.95. The second-order valence-corrected chi connectivity index (χ2v) is 3.75. The Bertz CT molecular complexity index is 460. The predicted octanol–water partition coefficient (Wildman–Crippen LogP) is 2.15. The SMILES string of the molecule is CC1=NN(c2cccc(OCCF)c2)C(=O)C1. The lowest BCUT2D eigenvalue weighted by molar-refractivity contribution is -0.116. The third-order valence-corrected chi connectivity index (χ3v) is 2.32. The van der Waals surface area contributed by atoms with Gasteiger partial charge < -0.3 is 4.74 Å². The smallest absolute Gasteiger partial charge is 0.253 e. The summed E-state index contributed by atoms with van der Waals surface area (Å²) < 4.78 is 17.1. The molecule has 0 atom stereocenters. The number of nitrogens with zero attached hydrogens (tertiary/aromatic N) is 2. The van der Waals surface area contributed by atoms with Crippen molar-refractivity contribution in [3.8, 4) is 5.75 Å². The average molecular weight is 236 g/mol. The van der Waals surface area contributed by atoms with Crippen LogP contribution in [0.3, 0.4) is 0 Å². The van der Waals surface area contributed by atoms with Crippen molar-refractivity contribution < 1.29 is 13.9 Å². The number of halogens is 1. The number of anilines is 1. The highest BCUT2D eigenvalue weighted by molar-refractivity contribution is 6.12. The van der Waals surface area contributed by atoms with E-state index in [2.05, 4.69) is 5.10 Å². The summed E-state index contributed by atoms with van der Waals surface area (Å²) in [6.45, 7) is 1.28. The minimum atomic E-state index is -0.538. The van der Waals surface area contributed by atoms with Crippen LogP contribution in [0, 0.1) is 0 Å². The lowest BCUT2D eigenvalue weighted by atomic mass is 10.2. The molecular weight excluding hydrogens is 223 g/mol. The number of ether oxygens (including phenoxy) is 1. The Balaban J connectivity index is 2.18. The van der Waals surface area contributed by atoms with E-state index in [0.29, 0.717) is 17.9 Å². The number of amides is 1. The molecule has 0 aromatic heterocycles. The summed E-state index contributed by atoms with van der Waals surface area (Å²) in [6, 6.07) is 6.91. The Hall–Kier alpha value is -1.91. The van der Waals surface area contributed by atoms with Gasteiger partial charge in [-0.25, -0.2) is 9.40 Å². The van der Waals surface area contributed by atoms with Gasteiger partial charge in [0.1, 0.15) is 19.0 Å². The summed E-state index contributed by atoms with van der Waals surface area (Å²) in [7, 11) is 0. The summed E-state index contributed by atoms with van der Waals surface area (Å²) >= 11 is 0. The number of hydrogen-bond donors (Lipinski definition) is 0. The number of hydrazone groups is 1. The van der Waals surface area contributed by atoms with Gasteiger partial charge in [0.05, 0.1) is 12.1 Å². The Morgan fingerprint density at radius 2 is 2.35 bits per heavy atom. The first-order valence-electron chi connectivity index (χ1n) is 5.36. The van der Waals surface area contributed by atoms with E-state index >= 15 is 0 Å². The van der Waals surface area contributed by atoms with Crippen LogP contribution in [0.15, 0.2) is 29.4 Å². The van der Waals surface area contributed by atoms with Gasteiger partial charge in [0.15, 0.2) is 0 Å². The zero-order chi connectivity index (χ0) is 12.3. The maximum Gasteiger partial charge on any atom is 0.253 e.